The summed E-state index contributed by atoms with van der Waals surface area (Å²) in [6.07, 6.45) is 7.41. The average molecular weight is 171 g/mol. The summed E-state index contributed by atoms with van der Waals surface area (Å²) in [5.41, 5.74) is 0. The molecule has 1 heterocycles. The zero-order chi connectivity index (χ0) is 7.94. The maximum Gasteiger partial charge on any atom is 0.0131 e. The molecule has 1 rings (SSSR count). The van der Waals surface area contributed by atoms with Gasteiger partial charge in [-0.1, -0.05) is 12.2 Å². The van der Waals surface area contributed by atoms with Gasteiger partial charge in [0.2, 0.25) is 0 Å². The summed E-state index contributed by atoms with van der Waals surface area (Å²) in [5.74, 6) is 3.55. The van der Waals surface area contributed by atoms with Crippen LogP contribution < -0.4 is 5.32 Å². The molecule has 0 aromatic carbocycles. The van der Waals surface area contributed by atoms with E-state index in [1.165, 1.54) is 24.3 Å². The van der Waals surface area contributed by atoms with Gasteiger partial charge in [-0.25, -0.2) is 0 Å². The SMILES string of the molecule is CNC/C=C/C1CCCSC1. The Morgan fingerprint density at radius 1 is 1.64 bits per heavy atom. The monoisotopic (exact) mass is 171 g/mol. The largest absolute Gasteiger partial charge is 0.316 e. The summed E-state index contributed by atoms with van der Waals surface area (Å²) in [7, 11) is 1.99. The molecule has 0 bridgehead atoms. The summed E-state index contributed by atoms with van der Waals surface area (Å²) < 4.78 is 0. The second kappa shape index (κ2) is 5.67. The van der Waals surface area contributed by atoms with Gasteiger partial charge in [0.25, 0.3) is 0 Å². The van der Waals surface area contributed by atoms with Crippen LogP contribution in [0, 0.1) is 5.92 Å². The van der Waals surface area contributed by atoms with E-state index in [2.05, 4.69) is 29.2 Å². The molecule has 1 saturated heterocycles. The predicted octanol–water partition coefficient (Wildman–Crippen LogP) is 1.91. The van der Waals surface area contributed by atoms with Crippen LogP contribution in [-0.4, -0.2) is 25.1 Å². The lowest BCUT2D eigenvalue weighted by Crippen LogP contribution is -2.09. The van der Waals surface area contributed by atoms with Crippen LogP contribution in [0.1, 0.15) is 12.8 Å². The van der Waals surface area contributed by atoms with Crippen molar-refractivity contribution in [3.05, 3.63) is 12.2 Å². The summed E-state index contributed by atoms with van der Waals surface area (Å²) in [6.45, 7) is 1.02. The van der Waals surface area contributed by atoms with Gasteiger partial charge in [-0.2, -0.15) is 11.8 Å². The standard InChI is InChI=1S/C9H17NS/c1-10-6-2-4-9-5-3-7-11-8-9/h2,4,9-10H,3,5-8H2,1H3/b4-2+. The fourth-order valence-electron chi connectivity index (χ4n) is 1.30. The highest BCUT2D eigenvalue weighted by atomic mass is 32.2. The Hall–Kier alpha value is 0.0500. The molecule has 0 aliphatic carbocycles. The lowest BCUT2D eigenvalue weighted by molar-refractivity contribution is 0.628. The second-order valence-corrected chi connectivity index (χ2v) is 4.11. The third-order valence-corrected chi connectivity index (χ3v) is 3.17. The van der Waals surface area contributed by atoms with Gasteiger partial charge in [-0.05, 0) is 37.3 Å². The van der Waals surface area contributed by atoms with E-state index in [0.29, 0.717) is 0 Å². The molecule has 11 heavy (non-hydrogen) atoms. The van der Waals surface area contributed by atoms with Gasteiger partial charge in [0.1, 0.15) is 0 Å². The number of hydrogen-bond acceptors (Lipinski definition) is 2. The van der Waals surface area contributed by atoms with E-state index >= 15 is 0 Å². The van der Waals surface area contributed by atoms with E-state index in [0.717, 1.165) is 12.5 Å². The first kappa shape index (κ1) is 9.14. The quantitative estimate of drug-likeness (QED) is 0.651. The number of thioether (sulfide) groups is 1. The summed E-state index contributed by atoms with van der Waals surface area (Å²) in [6, 6.07) is 0. The van der Waals surface area contributed by atoms with Crippen LogP contribution in [0.2, 0.25) is 0 Å². The molecular weight excluding hydrogens is 154 g/mol. The van der Waals surface area contributed by atoms with Crippen molar-refractivity contribution in [3.63, 3.8) is 0 Å². The van der Waals surface area contributed by atoms with Crippen LogP contribution >= 0.6 is 11.8 Å². The first-order valence-electron chi connectivity index (χ1n) is 4.32. The fraction of sp³-hybridized carbons (Fsp3) is 0.778. The topological polar surface area (TPSA) is 12.0 Å². The molecule has 0 spiro atoms. The Morgan fingerprint density at radius 2 is 2.55 bits per heavy atom. The van der Waals surface area contributed by atoms with E-state index < -0.39 is 0 Å². The van der Waals surface area contributed by atoms with Crippen LogP contribution in [-0.2, 0) is 0 Å². The number of rotatable bonds is 3. The summed E-state index contributed by atoms with van der Waals surface area (Å²) in [4.78, 5) is 0. The third-order valence-electron chi connectivity index (χ3n) is 1.93. The Balaban J connectivity index is 2.13. The van der Waals surface area contributed by atoms with Crippen LogP contribution in [0.25, 0.3) is 0 Å². The summed E-state index contributed by atoms with van der Waals surface area (Å²) >= 11 is 2.09. The van der Waals surface area contributed by atoms with E-state index in [4.69, 9.17) is 0 Å². The van der Waals surface area contributed by atoms with Gasteiger partial charge in [-0.3, -0.25) is 0 Å². The average Bonchev–Trinajstić information content (AvgIpc) is 2.07. The van der Waals surface area contributed by atoms with Crippen LogP contribution in [0.4, 0.5) is 0 Å². The highest BCUT2D eigenvalue weighted by Gasteiger charge is 2.09. The molecule has 1 fully saturated rings. The van der Waals surface area contributed by atoms with Gasteiger partial charge in [0.15, 0.2) is 0 Å². The lowest BCUT2D eigenvalue weighted by atomic mass is 10.1. The highest BCUT2D eigenvalue weighted by molar-refractivity contribution is 7.99. The van der Waals surface area contributed by atoms with Gasteiger partial charge in [0, 0.05) is 6.54 Å². The first-order valence-corrected chi connectivity index (χ1v) is 5.48. The van der Waals surface area contributed by atoms with Gasteiger partial charge in [0.05, 0.1) is 0 Å². The van der Waals surface area contributed by atoms with Crippen molar-refractivity contribution in [1.29, 1.82) is 0 Å². The van der Waals surface area contributed by atoms with E-state index in [1.54, 1.807) is 0 Å². The van der Waals surface area contributed by atoms with Gasteiger partial charge >= 0.3 is 0 Å². The number of nitrogens with one attached hydrogen (secondary N) is 1. The molecule has 1 atom stereocenters. The highest BCUT2D eigenvalue weighted by Crippen LogP contribution is 2.23. The Bertz CT molecular complexity index is 117. The van der Waals surface area contributed by atoms with Crippen LogP contribution in [0.5, 0.6) is 0 Å². The first-order chi connectivity index (χ1) is 5.43. The van der Waals surface area contributed by atoms with Crippen molar-refractivity contribution >= 4 is 11.8 Å². The molecule has 1 aliphatic rings. The number of likely N-dealkylation sites (N-methyl/N-ethyl adjacent to an activating group) is 1. The van der Waals surface area contributed by atoms with Crippen molar-refractivity contribution < 1.29 is 0 Å². The maximum absolute atomic E-state index is 3.11. The second-order valence-electron chi connectivity index (χ2n) is 2.96. The van der Waals surface area contributed by atoms with Gasteiger partial charge < -0.3 is 5.32 Å². The Labute approximate surface area is 73.6 Å². The molecule has 1 N–H and O–H groups in total. The molecule has 0 aromatic rings. The Kier molecular flexibility index (Phi) is 4.71. The lowest BCUT2D eigenvalue weighted by Gasteiger charge is -2.17. The normalized spacial score (nSPS) is 26.1. The molecule has 0 radical (unpaired) electrons. The van der Waals surface area contributed by atoms with E-state index in [-0.39, 0.29) is 0 Å². The molecule has 2 heteroatoms. The van der Waals surface area contributed by atoms with Crippen molar-refractivity contribution in [2.75, 3.05) is 25.1 Å². The van der Waals surface area contributed by atoms with Gasteiger partial charge in [-0.15, -0.1) is 0 Å². The van der Waals surface area contributed by atoms with E-state index in [1.807, 2.05) is 7.05 Å². The minimum absolute atomic E-state index is 0.849. The van der Waals surface area contributed by atoms with Crippen molar-refractivity contribution in [3.8, 4) is 0 Å². The molecule has 1 aliphatic heterocycles. The van der Waals surface area contributed by atoms with Crippen molar-refractivity contribution in [1.82, 2.24) is 5.32 Å². The minimum Gasteiger partial charge on any atom is -0.316 e. The predicted molar refractivity (Wildman–Crippen MR) is 53.1 cm³/mol. The summed E-state index contributed by atoms with van der Waals surface area (Å²) in [5, 5.41) is 3.11. The van der Waals surface area contributed by atoms with E-state index in [9.17, 15) is 0 Å². The minimum atomic E-state index is 0.849. The van der Waals surface area contributed by atoms with Crippen molar-refractivity contribution in [2.24, 2.45) is 5.92 Å². The zero-order valence-electron chi connectivity index (χ0n) is 7.18. The zero-order valence-corrected chi connectivity index (χ0v) is 7.99. The van der Waals surface area contributed by atoms with Crippen LogP contribution in [0.3, 0.4) is 0 Å². The number of allylic oxidation sites excluding steroid dienone is 1. The molecule has 0 amide bonds. The van der Waals surface area contributed by atoms with Crippen molar-refractivity contribution in [2.45, 2.75) is 12.8 Å². The molecular formula is C9H17NS. The molecule has 0 aromatic heterocycles. The smallest absolute Gasteiger partial charge is 0.0131 e. The Morgan fingerprint density at radius 3 is 3.18 bits per heavy atom. The fourth-order valence-corrected chi connectivity index (χ4v) is 2.41. The molecule has 1 unspecified atom stereocenters. The molecule has 64 valence electrons. The number of hydrogen-bond donors (Lipinski definition) is 1. The third kappa shape index (κ3) is 3.82. The van der Waals surface area contributed by atoms with Crippen LogP contribution in [0.15, 0.2) is 12.2 Å². The maximum atomic E-state index is 3.11. The molecule has 0 saturated carbocycles. The molecule has 1 nitrogen and oxygen atoms in total.